The number of rotatable bonds is 18. The molecule has 12 heteroatoms. The summed E-state index contributed by atoms with van der Waals surface area (Å²) < 4.78 is 21.4. The highest BCUT2D eigenvalue weighted by Gasteiger charge is 2.49. The van der Waals surface area contributed by atoms with E-state index in [9.17, 15) is 19.2 Å². The standard InChI is InChI=1S/C30H42N4O8/c31-27(35)13-12-26(34-30(38)41-20-22-8-4-3-5-9-22)28(36)32-14-16-39-18-19-40-17-15-33-29(37)42-21-25-23-10-6-1-2-7-11-24(23)25/h3-5,8-9,23-26H,6-7,10-21H2,(H2,31,35)(H,32,36)(H,33,37)(H,34,38). The summed E-state index contributed by atoms with van der Waals surface area (Å²) in [7, 11) is 0. The second-order valence-electron chi connectivity index (χ2n) is 10.2. The fraction of sp³-hybridized carbons (Fsp3) is 0.600. The lowest BCUT2D eigenvalue weighted by Gasteiger charge is -2.18. The Balaban J connectivity index is 1.17. The smallest absolute Gasteiger partial charge is 0.408 e. The third kappa shape index (κ3) is 12.8. The van der Waals surface area contributed by atoms with Gasteiger partial charge in [-0.05, 0) is 42.6 Å². The van der Waals surface area contributed by atoms with Crippen molar-refractivity contribution in [2.24, 2.45) is 23.5 Å². The number of carbonyl (C=O) groups excluding carboxylic acids is 4. The molecule has 4 amide bonds. The molecule has 12 nitrogen and oxygen atoms in total. The molecule has 0 radical (unpaired) electrons. The fourth-order valence-corrected chi connectivity index (χ4v) is 4.88. The summed E-state index contributed by atoms with van der Waals surface area (Å²) in [6.07, 6.45) is 2.81. The molecule has 42 heavy (non-hydrogen) atoms. The van der Waals surface area contributed by atoms with Crippen molar-refractivity contribution in [1.82, 2.24) is 16.0 Å². The maximum atomic E-state index is 12.5. The monoisotopic (exact) mass is 586 g/mol. The molecular formula is C30H42N4O8. The zero-order chi connectivity index (χ0) is 30.0. The minimum absolute atomic E-state index is 0.0366. The second-order valence-corrected chi connectivity index (χ2v) is 10.2. The van der Waals surface area contributed by atoms with Crippen LogP contribution in [-0.4, -0.2) is 76.2 Å². The number of nitrogens with one attached hydrogen (secondary N) is 3. The van der Waals surface area contributed by atoms with E-state index in [1.54, 1.807) is 0 Å². The highest BCUT2D eigenvalue weighted by molar-refractivity contribution is 5.86. The maximum Gasteiger partial charge on any atom is 0.408 e. The molecule has 1 aromatic carbocycles. The molecule has 2 aliphatic carbocycles. The van der Waals surface area contributed by atoms with E-state index >= 15 is 0 Å². The number of carbonyl (C=O) groups is 4. The molecular weight excluding hydrogens is 544 g/mol. The second kappa shape index (κ2) is 18.6. The Bertz CT molecular complexity index is 1060. The summed E-state index contributed by atoms with van der Waals surface area (Å²) in [6.45, 7) is 2.16. The van der Waals surface area contributed by atoms with Gasteiger partial charge in [-0.3, -0.25) is 9.59 Å². The first-order valence-electron chi connectivity index (χ1n) is 14.5. The van der Waals surface area contributed by atoms with E-state index in [-0.39, 0.29) is 32.6 Å². The van der Waals surface area contributed by atoms with E-state index in [4.69, 9.17) is 24.7 Å². The number of hydrogen-bond donors (Lipinski definition) is 4. The quantitative estimate of drug-likeness (QED) is 0.149. The molecule has 0 heterocycles. The molecule has 3 unspecified atom stereocenters. The van der Waals surface area contributed by atoms with Gasteiger partial charge in [-0.1, -0.05) is 30.3 Å². The molecule has 1 aromatic rings. The van der Waals surface area contributed by atoms with E-state index in [1.165, 1.54) is 0 Å². The van der Waals surface area contributed by atoms with Crippen LogP contribution >= 0.6 is 0 Å². The summed E-state index contributed by atoms with van der Waals surface area (Å²) in [5.41, 5.74) is 6.00. The number of alkyl carbamates (subject to hydrolysis) is 2. The van der Waals surface area contributed by atoms with Crippen LogP contribution in [0.1, 0.15) is 44.1 Å². The molecule has 3 rings (SSSR count). The van der Waals surface area contributed by atoms with Gasteiger partial charge in [-0.2, -0.15) is 0 Å². The van der Waals surface area contributed by atoms with E-state index < -0.39 is 30.0 Å². The highest BCUT2D eigenvalue weighted by Crippen LogP contribution is 2.52. The van der Waals surface area contributed by atoms with Gasteiger partial charge < -0.3 is 40.6 Å². The van der Waals surface area contributed by atoms with Gasteiger partial charge in [0.2, 0.25) is 11.8 Å². The topological polar surface area (TPSA) is 167 Å². The first-order chi connectivity index (χ1) is 20.4. The lowest BCUT2D eigenvalue weighted by molar-refractivity contribution is -0.123. The summed E-state index contributed by atoms with van der Waals surface area (Å²) >= 11 is 0. The third-order valence-corrected chi connectivity index (χ3v) is 7.18. The third-order valence-electron chi connectivity index (χ3n) is 7.18. The minimum Gasteiger partial charge on any atom is -0.449 e. The van der Waals surface area contributed by atoms with Crippen LogP contribution in [0.2, 0.25) is 0 Å². The van der Waals surface area contributed by atoms with Crippen LogP contribution in [0.4, 0.5) is 9.59 Å². The largest absolute Gasteiger partial charge is 0.449 e. The fourth-order valence-electron chi connectivity index (χ4n) is 4.88. The zero-order valence-corrected chi connectivity index (χ0v) is 23.9. The summed E-state index contributed by atoms with van der Waals surface area (Å²) in [4.78, 5) is 47.8. The van der Waals surface area contributed by atoms with E-state index in [1.807, 2.05) is 30.3 Å². The first kappa shape index (κ1) is 32.7. The van der Waals surface area contributed by atoms with Crippen molar-refractivity contribution >= 4 is 24.0 Å². The predicted octanol–water partition coefficient (Wildman–Crippen LogP) is 1.86. The Kier molecular flexibility index (Phi) is 14.5. The van der Waals surface area contributed by atoms with Crippen LogP contribution < -0.4 is 21.7 Å². The van der Waals surface area contributed by atoms with E-state index in [0.29, 0.717) is 50.7 Å². The molecule has 1 saturated carbocycles. The number of primary amides is 1. The Morgan fingerprint density at radius 3 is 2.14 bits per heavy atom. The molecule has 230 valence electrons. The van der Waals surface area contributed by atoms with Gasteiger partial charge in [-0.25, -0.2) is 9.59 Å². The van der Waals surface area contributed by atoms with Gasteiger partial charge in [0.25, 0.3) is 0 Å². The highest BCUT2D eigenvalue weighted by atomic mass is 16.6. The molecule has 3 atom stereocenters. The average Bonchev–Trinajstić information content (AvgIpc) is 3.62. The van der Waals surface area contributed by atoms with E-state index in [2.05, 4.69) is 27.8 Å². The normalized spacial score (nSPS) is 19.4. The maximum absolute atomic E-state index is 12.5. The Labute approximate surface area is 246 Å². The van der Waals surface area contributed by atoms with Crippen molar-refractivity contribution in [3.8, 4) is 11.8 Å². The van der Waals surface area contributed by atoms with Crippen molar-refractivity contribution in [2.45, 2.75) is 51.2 Å². The van der Waals surface area contributed by atoms with Crippen LogP contribution in [0.15, 0.2) is 30.3 Å². The van der Waals surface area contributed by atoms with Crippen molar-refractivity contribution in [2.75, 3.05) is 46.1 Å². The van der Waals surface area contributed by atoms with Crippen molar-refractivity contribution in [3.63, 3.8) is 0 Å². The van der Waals surface area contributed by atoms with Gasteiger partial charge in [-0.15, -0.1) is 11.8 Å². The van der Waals surface area contributed by atoms with Gasteiger partial charge in [0.1, 0.15) is 12.6 Å². The minimum atomic E-state index is -0.986. The average molecular weight is 587 g/mol. The SMILES string of the molecule is NC(=O)CCC(NC(=O)OCc1ccccc1)C(=O)NCCOCCOCCNC(=O)OCC1C2CCC#CCCC21. The van der Waals surface area contributed by atoms with E-state index in [0.717, 1.165) is 31.2 Å². The van der Waals surface area contributed by atoms with Crippen LogP contribution in [0.5, 0.6) is 0 Å². The Hall–Kier alpha value is -3.82. The van der Waals surface area contributed by atoms with Gasteiger partial charge in [0.05, 0.1) is 33.0 Å². The molecule has 5 N–H and O–H groups in total. The Morgan fingerprint density at radius 2 is 1.50 bits per heavy atom. The van der Waals surface area contributed by atoms with Crippen molar-refractivity contribution in [1.29, 1.82) is 0 Å². The summed E-state index contributed by atoms with van der Waals surface area (Å²) in [5, 5.41) is 7.83. The predicted molar refractivity (Wildman–Crippen MR) is 153 cm³/mol. The summed E-state index contributed by atoms with van der Waals surface area (Å²) in [6, 6.07) is 8.12. The molecule has 0 spiro atoms. The van der Waals surface area contributed by atoms with Crippen LogP contribution in [0.3, 0.4) is 0 Å². The summed E-state index contributed by atoms with van der Waals surface area (Å²) in [5.74, 6) is 7.02. The van der Waals surface area contributed by atoms with Crippen LogP contribution in [-0.2, 0) is 35.1 Å². The number of nitrogens with two attached hydrogens (primary N) is 1. The van der Waals surface area contributed by atoms with Gasteiger partial charge in [0, 0.05) is 32.4 Å². The molecule has 2 aliphatic rings. The molecule has 0 saturated heterocycles. The lowest BCUT2D eigenvalue weighted by Crippen LogP contribution is -2.48. The van der Waals surface area contributed by atoms with Gasteiger partial charge >= 0.3 is 12.2 Å². The van der Waals surface area contributed by atoms with Crippen LogP contribution in [0, 0.1) is 29.6 Å². The lowest BCUT2D eigenvalue weighted by atomic mass is 10.1. The molecule has 1 fully saturated rings. The molecule has 0 aromatic heterocycles. The van der Waals surface area contributed by atoms with Crippen molar-refractivity contribution < 1.29 is 38.1 Å². The first-order valence-corrected chi connectivity index (χ1v) is 14.5. The van der Waals surface area contributed by atoms with Gasteiger partial charge in [0.15, 0.2) is 0 Å². The number of fused-ring (bicyclic) bond motifs is 1. The number of benzene rings is 1. The Morgan fingerprint density at radius 1 is 0.857 bits per heavy atom. The molecule has 0 aliphatic heterocycles. The van der Waals surface area contributed by atoms with Crippen LogP contribution in [0.25, 0.3) is 0 Å². The number of ether oxygens (including phenoxy) is 4. The van der Waals surface area contributed by atoms with Crippen molar-refractivity contribution in [3.05, 3.63) is 35.9 Å². The zero-order valence-electron chi connectivity index (χ0n) is 23.9. The molecule has 0 bridgehead atoms. The number of hydrogen-bond acceptors (Lipinski definition) is 8. The number of amides is 4.